The van der Waals surface area contributed by atoms with E-state index in [4.69, 9.17) is 9.97 Å². The smallest absolute Gasteiger partial charge is 0.235 e. The molecule has 274 valence electrons. The molecule has 0 spiro atoms. The van der Waals surface area contributed by atoms with Crippen molar-refractivity contribution in [3.05, 3.63) is 212 Å². The van der Waals surface area contributed by atoms with Crippen LogP contribution in [0.4, 0.5) is 0 Å². The maximum atomic E-state index is 14.2. The molecule has 0 atom stereocenters. The van der Waals surface area contributed by atoms with Crippen molar-refractivity contribution in [2.24, 2.45) is 0 Å². The average molecular weight is 744 g/mol. The predicted octanol–water partition coefficient (Wildman–Crippen LogP) is 13.8. The highest BCUT2D eigenvalue weighted by atomic mass is 16.2. The van der Waals surface area contributed by atoms with Crippen molar-refractivity contribution in [2.75, 3.05) is 0 Å². The molecule has 6 aromatic carbocycles. The van der Waals surface area contributed by atoms with Gasteiger partial charge < -0.3 is 0 Å². The monoisotopic (exact) mass is 743 g/mol. The molecule has 0 unspecified atom stereocenters. The van der Waals surface area contributed by atoms with E-state index in [0.717, 1.165) is 100 Å². The Balaban J connectivity index is 1.24. The first-order valence-electron chi connectivity index (χ1n) is 19.5. The number of carbonyl (C=O) groups excluding carboxylic acids is 1. The van der Waals surface area contributed by atoms with Gasteiger partial charge in [-0.1, -0.05) is 158 Å². The molecule has 0 aliphatic carbocycles. The number of pyridine rings is 2. The SMILES string of the molecule is C=C1/C=C\C=C/CC(=O)n2c3ccc(-c4cc(-c5ccccc5)nc(-c5ccccc5)c4)cc3c3cc(-c4cc(-c5ccccc5)nc(-c5ccccc5)c4)cc1c32. The van der Waals surface area contributed by atoms with Crippen LogP contribution in [0.3, 0.4) is 0 Å². The van der Waals surface area contributed by atoms with E-state index < -0.39 is 0 Å². The van der Waals surface area contributed by atoms with Crippen molar-refractivity contribution < 1.29 is 4.79 Å². The normalized spacial score (nSPS) is 13.8. The third-order valence-corrected chi connectivity index (χ3v) is 10.9. The summed E-state index contributed by atoms with van der Waals surface area (Å²) in [5.74, 6) is 0.00405. The number of rotatable bonds is 6. The van der Waals surface area contributed by atoms with E-state index in [9.17, 15) is 4.79 Å². The van der Waals surface area contributed by atoms with Crippen LogP contribution in [0.5, 0.6) is 0 Å². The molecule has 58 heavy (non-hydrogen) atoms. The van der Waals surface area contributed by atoms with Crippen molar-refractivity contribution in [3.8, 4) is 67.3 Å². The first-order chi connectivity index (χ1) is 28.6. The molecule has 3 aromatic heterocycles. The molecular weight excluding hydrogens is 707 g/mol. The second-order valence-electron chi connectivity index (χ2n) is 14.6. The van der Waals surface area contributed by atoms with E-state index in [0.29, 0.717) is 0 Å². The van der Waals surface area contributed by atoms with Gasteiger partial charge in [0.05, 0.1) is 33.8 Å². The summed E-state index contributed by atoms with van der Waals surface area (Å²) in [4.78, 5) is 24.5. The lowest BCUT2D eigenvalue weighted by molar-refractivity contribution is 0.0927. The first kappa shape index (κ1) is 34.8. The summed E-state index contributed by atoms with van der Waals surface area (Å²) >= 11 is 0. The number of allylic oxidation sites excluding steroid dienone is 5. The highest BCUT2D eigenvalue weighted by Crippen LogP contribution is 2.42. The molecule has 0 saturated heterocycles. The second kappa shape index (κ2) is 14.8. The third-order valence-electron chi connectivity index (χ3n) is 10.9. The minimum Gasteiger partial charge on any atom is -0.279 e. The summed E-state index contributed by atoms with van der Waals surface area (Å²) < 4.78 is 1.90. The summed E-state index contributed by atoms with van der Waals surface area (Å²) in [6, 6.07) is 60.8. The molecule has 1 aliphatic rings. The molecule has 1 aliphatic heterocycles. The van der Waals surface area contributed by atoms with Crippen LogP contribution < -0.4 is 0 Å². The summed E-state index contributed by atoms with van der Waals surface area (Å²) in [5.41, 5.74) is 15.3. The fourth-order valence-electron chi connectivity index (χ4n) is 8.02. The number of carbonyl (C=O) groups is 1. The highest BCUT2D eigenvalue weighted by molar-refractivity contribution is 6.18. The van der Waals surface area contributed by atoms with Gasteiger partial charge in [0, 0.05) is 45.0 Å². The number of fused-ring (bicyclic) bond motifs is 3. The van der Waals surface area contributed by atoms with Crippen LogP contribution in [-0.2, 0) is 0 Å². The third kappa shape index (κ3) is 6.47. The van der Waals surface area contributed by atoms with E-state index in [1.54, 1.807) is 0 Å². The van der Waals surface area contributed by atoms with Gasteiger partial charge in [-0.05, 0) is 76.4 Å². The van der Waals surface area contributed by atoms with E-state index in [2.05, 4.69) is 110 Å². The summed E-state index contributed by atoms with van der Waals surface area (Å²) in [6.45, 7) is 4.55. The fourth-order valence-corrected chi connectivity index (χ4v) is 8.02. The lowest BCUT2D eigenvalue weighted by Crippen LogP contribution is -2.10. The largest absolute Gasteiger partial charge is 0.279 e. The van der Waals surface area contributed by atoms with Crippen molar-refractivity contribution in [1.82, 2.24) is 14.5 Å². The topological polar surface area (TPSA) is 47.8 Å². The minimum atomic E-state index is 0.00405. The summed E-state index contributed by atoms with van der Waals surface area (Å²) in [7, 11) is 0. The van der Waals surface area contributed by atoms with Crippen LogP contribution in [0.15, 0.2) is 207 Å². The predicted molar refractivity (Wildman–Crippen MR) is 240 cm³/mol. The van der Waals surface area contributed by atoms with Crippen LogP contribution in [0.25, 0.3) is 94.7 Å². The fraction of sp³-hybridized carbons (Fsp3) is 0.0185. The molecule has 0 amide bonds. The van der Waals surface area contributed by atoms with Gasteiger partial charge >= 0.3 is 0 Å². The molecule has 0 bridgehead atoms. The van der Waals surface area contributed by atoms with E-state index in [1.807, 2.05) is 102 Å². The number of nitrogens with zero attached hydrogens (tertiary/aromatic N) is 3. The van der Waals surface area contributed by atoms with Crippen molar-refractivity contribution in [1.29, 1.82) is 0 Å². The van der Waals surface area contributed by atoms with Crippen LogP contribution in [0.1, 0.15) is 16.8 Å². The molecule has 0 fully saturated rings. The van der Waals surface area contributed by atoms with Gasteiger partial charge in [-0.15, -0.1) is 0 Å². The van der Waals surface area contributed by atoms with Crippen LogP contribution >= 0.6 is 0 Å². The number of hydrogen-bond acceptors (Lipinski definition) is 3. The van der Waals surface area contributed by atoms with Gasteiger partial charge in [0.1, 0.15) is 0 Å². The second-order valence-corrected chi connectivity index (χ2v) is 14.6. The van der Waals surface area contributed by atoms with Gasteiger partial charge in [-0.2, -0.15) is 0 Å². The van der Waals surface area contributed by atoms with E-state index in [-0.39, 0.29) is 12.3 Å². The van der Waals surface area contributed by atoms with E-state index in [1.165, 1.54) is 0 Å². The Bertz CT molecular complexity index is 2970. The van der Waals surface area contributed by atoms with Crippen molar-refractivity contribution in [2.45, 2.75) is 6.42 Å². The zero-order chi connectivity index (χ0) is 39.0. The molecule has 4 heteroatoms. The number of benzene rings is 6. The zero-order valence-electron chi connectivity index (χ0n) is 31.7. The maximum Gasteiger partial charge on any atom is 0.235 e. The minimum absolute atomic E-state index is 0.00405. The van der Waals surface area contributed by atoms with Crippen molar-refractivity contribution >= 4 is 33.3 Å². The Morgan fingerprint density at radius 1 is 0.448 bits per heavy atom. The van der Waals surface area contributed by atoms with Gasteiger partial charge in [-0.25, -0.2) is 9.97 Å². The molecular formula is C54H37N3O. The average Bonchev–Trinajstić information content (AvgIpc) is 3.63. The Hall–Kier alpha value is -7.69. The molecule has 4 heterocycles. The Morgan fingerprint density at radius 2 is 0.897 bits per heavy atom. The Morgan fingerprint density at radius 3 is 1.40 bits per heavy atom. The number of aromatic nitrogens is 3. The van der Waals surface area contributed by atoms with Gasteiger partial charge in [0.2, 0.25) is 5.91 Å². The Kier molecular flexibility index (Phi) is 8.85. The van der Waals surface area contributed by atoms with Crippen LogP contribution in [0, 0.1) is 0 Å². The molecule has 0 radical (unpaired) electrons. The van der Waals surface area contributed by atoms with Crippen molar-refractivity contribution in [3.63, 3.8) is 0 Å². The first-order valence-corrected chi connectivity index (χ1v) is 19.5. The molecule has 9 aromatic rings. The number of hydrogen-bond donors (Lipinski definition) is 0. The molecule has 4 nitrogen and oxygen atoms in total. The highest BCUT2D eigenvalue weighted by Gasteiger charge is 2.22. The molecule has 0 N–H and O–H groups in total. The van der Waals surface area contributed by atoms with Gasteiger partial charge in [0.15, 0.2) is 0 Å². The van der Waals surface area contributed by atoms with Gasteiger partial charge in [-0.3, -0.25) is 9.36 Å². The lowest BCUT2D eigenvalue weighted by Gasteiger charge is -2.14. The van der Waals surface area contributed by atoms with Crippen LogP contribution in [0.2, 0.25) is 0 Å². The lowest BCUT2D eigenvalue weighted by atomic mass is 9.93. The Labute approximate surface area is 337 Å². The summed E-state index contributed by atoms with van der Waals surface area (Å²) in [6.07, 6.45) is 8.12. The maximum absolute atomic E-state index is 14.2. The summed E-state index contributed by atoms with van der Waals surface area (Å²) in [5, 5.41) is 1.97. The standard InChI is InChI=1S/C54H37N3O/c1-36-17-7-2-16-26-53(58)57-52-28-27-41(43-32-48(37-18-8-3-9-19-37)55-49(33-43)38-20-10-4-11-21-38)29-46(52)47-31-42(30-45(36)54(47)57)44-34-50(39-22-12-5-13-23-39)56-51(35-44)40-24-14-6-15-25-40/h2-25,27-35H,1,26H2/b16-2-,17-7-. The molecule has 10 rings (SSSR count). The van der Waals surface area contributed by atoms with Gasteiger partial charge in [0.25, 0.3) is 0 Å². The zero-order valence-corrected chi connectivity index (χ0v) is 31.7. The quantitative estimate of drug-likeness (QED) is 0.170. The molecule has 0 saturated carbocycles. The van der Waals surface area contributed by atoms with Crippen LogP contribution in [-0.4, -0.2) is 20.4 Å². The van der Waals surface area contributed by atoms with E-state index >= 15 is 0 Å².